The third-order valence-corrected chi connectivity index (χ3v) is 4.35. The molecule has 8 heteroatoms. The van der Waals surface area contributed by atoms with Gasteiger partial charge >= 0.3 is 0 Å². The van der Waals surface area contributed by atoms with Crippen LogP contribution in [0.25, 0.3) is 22.3 Å². The first-order chi connectivity index (χ1) is 14.4. The van der Waals surface area contributed by atoms with Crippen molar-refractivity contribution in [2.75, 3.05) is 13.6 Å². The molecule has 2 amide bonds. The number of halogens is 1. The normalized spacial score (nSPS) is 11.4. The van der Waals surface area contributed by atoms with Crippen LogP contribution < -0.4 is 5.73 Å². The summed E-state index contributed by atoms with van der Waals surface area (Å²) < 4.78 is 14.3. The van der Waals surface area contributed by atoms with Crippen molar-refractivity contribution in [2.45, 2.75) is 12.5 Å². The predicted octanol–water partition coefficient (Wildman–Crippen LogP) is 1.73. The van der Waals surface area contributed by atoms with E-state index in [4.69, 9.17) is 5.73 Å². The molecule has 0 bridgehead atoms. The van der Waals surface area contributed by atoms with Crippen molar-refractivity contribution >= 4 is 23.2 Å². The van der Waals surface area contributed by atoms with Gasteiger partial charge in [0, 0.05) is 36.5 Å². The molecule has 0 radical (unpaired) electrons. The summed E-state index contributed by atoms with van der Waals surface area (Å²) in [6, 6.07) is 11.1. The molecule has 0 saturated carbocycles. The third-order valence-electron chi connectivity index (χ3n) is 4.35. The van der Waals surface area contributed by atoms with Gasteiger partial charge in [0.05, 0.1) is 0 Å². The highest BCUT2D eigenvalue weighted by Crippen LogP contribution is 2.24. The molecule has 1 unspecified atom stereocenters. The summed E-state index contributed by atoms with van der Waals surface area (Å²) in [4.78, 5) is 32.3. The molecule has 30 heavy (non-hydrogen) atoms. The minimum Gasteiger partial charge on any atom is -0.380 e. The van der Waals surface area contributed by atoms with Crippen molar-refractivity contribution < 1.29 is 19.1 Å². The predicted molar refractivity (Wildman–Crippen MR) is 110 cm³/mol. The molecule has 2 aromatic carbocycles. The summed E-state index contributed by atoms with van der Waals surface area (Å²) in [5, 5.41) is 10.2. The van der Waals surface area contributed by atoms with Crippen molar-refractivity contribution in [3.8, 4) is 23.2 Å². The van der Waals surface area contributed by atoms with Gasteiger partial charge in [-0.2, -0.15) is 0 Å². The summed E-state index contributed by atoms with van der Waals surface area (Å²) >= 11 is 0. The van der Waals surface area contributed by atoms with Crippen molar-refractivity contribution in [3.63, 3.8) is 0 Å². The van der Waals surface area contributed by atoms with Gasteiger partial charge in [-0.05, 0) is 18.2 Å². The number of rotatable bonds is 6. The molecular weight excluding hydrogens is 387 g/mol. The Labute approximate surface area is 172 Å². The van der Waals surface area contributed by atoms with Crippen LogP contribution in [0, 0.1) is 17.7 Å². The lowest BCUT2D eigenvalue weighted by Crippen LogP contribution is -2.21. The Kier molecular flexibility index (Phi) is 6.35. The number of nitrogens with zero attached hydrogens (tertiary/aromatic N) is 3. The van der Waals surface area contributed by atoms with Crippen LogP contribution in [0.2, 0.25) is 0 Å². The SMILES string of the molecule is CN(C=O)CCC(O)C#Cc1cccc(-c2nc(C(N)=O)c3cccc(F)c3n2)c1. The number of para-hydroxylation sites is 1. The summed E-state index contributed by atoms with van der Waals surface area (Å²) in [5.41, 5.74) is 6.45. The van der Waals surface area contributed by atoms with E-state index in [1.807, 2.05) is 0 Å². The largest absolute Gasteiger partial charge is 0.380 e. The minimum atomic E-state index is -0.900. The lowest BCUT2D eigenvalue weighted by atomic mass is 10.1. The molecule has 152 valence electrons. The fourth-order valence-corrected chi connectivity index (χ4v) is 2.79. The molecular formula is C22H19FN4O3. The quantitative estimate of drug-likeness (QED) is 0.479. The van der Waals surface area contributed by atoms with Gasteiger partial charge in [0.15, 0.2) is 5.82 Å². The Balaban J connectivity index is 1.94. The van der Waals surface area contributed by atoms with Crippen molar-refractivity contribution in [1.82, 2.24) is 14.9 Å². The molecule has 3 rings (SSSR count). The zero-order valence-corrected chi connectivity index (χ0v) is 16.2. The molecule has 0 aliphatic carbocycles. The number of primary amides is 1. The van der Waals surface area contributed by atoms with Crippen LogP contribution in [-0.4, -0.2) is 52.0 Å². The Morgan fingerprint density at radius 3 is 2.80 bits per heavy atom. The van der Waals surface area contributed by atoms with Gasteiger partial charge in [0.2, 0.25) is 6.41 Å². The van der Waals surface area contributed by atoms with E-state index in [1.165, 1.54) is 23.1 Å². The second-order valence-corrected chi connectivity index (χ2v) is 6.64. The van der Waals surface area contributed by atoms with E-state index in [9.17, 15) is 19.1 Å². The average Bonchev–Trinajstić information content (AvgIpc) is 2.75. The second kappa shape index (κ2) is 9.11. The van der Waals surface area contributed by atoms with Crippen LogP contribution in [0.3, 0.4) is 0 Å². The van der Waals surface area contributed by atoms with Crippen LogP contribution in [0.4, 0.5) is 4.39 Å². The number of benzene rings is 2. The Morgan fingerprint density at radius 1 is 1.30 bits per heavy atom. The molecule has 1 aromatic heterocycles. The number of fused-ring (bicyclic) bond motifs is 1. The topological polar surface area (TPSA) is 109 Å². The molecule has 0 saturated heterocycles. The van der Waals surface area contributed by atoms with Crippen LogP contribution in [0.15, 0.2) is 42.5 Å². The van der Waals surface area contributed by atoms with E-state index in [0.717, 1.165) is 0 Å². The number of amides is 2. The maximum absolute atomic E-state index is 14.3. The summed E-state index contributed by atoms with van der Waals surface area (Å²) in [5.74, 6) is 4.34. The standard InChI is InChI=1S/C22H19FN4O3/c1-27(13-28)11-10-16(29)9-8-14-4-2-5-15(12-14)22-25-19-17(6-3-7-18(19)23)20(26-22)21(24)30/h2-7,12-13,16,29H,10-11H2,1H3,(H2,24,30). The van der Waals surface area contributed by atoms with Crippen molar-refractivity contribution in [1.29, 1.82) is 0 Å². The number of nitrogens with two attached hydrogens (primary N) is 1. The maximum atomic E-state index is 14.3. The third kappa shape index (κ3) is 4.77. The highest BCUT2D eigenvalue weighted by atomic mass is 19.1. The summed E-state index contributed by atoms with van der Waals surface area (Å²) in [6.07, 6.45) is 0.0939. The minimum absolute atomic E-state index is 0.00232. The van der Waals surface area contributed by atoms with Crippen molar-refractivity contribution in [3.05, 3.63) is 59.5 Å². The van der Waals surface area contributed by atoms with Crippen LogP contribution in [0.5, 0.6) is 0 Å². The first-order valence-corrected chi connectivity index (χ1v) is 9.10. The molecule has 7 nitrogen and oxygen atoms in total. The first kappa shape index (κ1) is 20.9. The fraction of sp³-hybridized carbons (Fsp3) is 0.182. The number of hydrogen-bond acceptors (Lipinski definition) is 5. The van der Waals surface area contributed by atoms with E-state index < -0.39 is 17.8 Å². The zero-order chi connectivity index (χ0) is 21.7. The highest BCUT2D eigenvalue weighted by Gasteiger charge is 2.16. The van der Waals surface area contributed by atoms with Gasteiger partial charge in [-0.15, -0.1) is 0 Å². The van der Waals surface area contributed by atoms with Gasteiger partial charge < -0.3 is 15.7 Å². The van der Waals surface area contributed by atoms with Gasteiger partial charge in [-0.25, -0.2) is 14.4 Å². The maximum Gasteiger partial charge on any atom is 0.268 e. The molecule has 0 spiro atoms. The van der Waals surface area contributed by atoms with Gasteiger partial charge in [0.1, 0.15) is 23.1 Å². The first-order valence-electron chi connectivity index (χ1n) is 9.10. The fourth-order valence-electron chi connectivity index (χ4n) is 2.79. The lowest BCUT2D eigenvalue weighted by molar-refractivity contribution is -0.117. The highest BCUT2D eigenvalue weighted by molar-refractivity contribution is 6.04. The molecule has 0 aliphatic rings. The number of aliphatic hydroxyl groups excluding tert-OH is 1. The summed E-state index contributed by atoms with van der Waals surface area (Å²) in [7, 11) is 1.61. The smallest absolute Gasteiger partial charge is 0.268 e. The Hall–Kier alpha value is -3.83. The average molecular weight is 406 g/mol. The number of aromatic nitrogens is 2. The van der Waals surface area contributed by atoms with E-state index >= 15 is 0 Å². The monoisotopic (exact) mass is 406 g/mol. The number of hydrogen-bond donors (Lipinski definition) is 2. The summed E-state index contributed by atoms with van der Waals surface area (Å²) in [6.45, 7) is 0.381. The Morgan fingerprint density at radius 2 is 2.07 bits per heavy atom. The molecule has 3 N–H and O–H groups in total. The van der Waals surface area contributed by atoms with Crippen molar-refractivity contribution in [2.24, 2.45) is 5.73 Å². The van der Waals surface area contributed by atoms with Crippen LogP contribution in [-0.2, 0) is 4.79 Å². The van der Waals surface area contributed by atoms with Crippen LogP contribution >= 0.6 is 0 Å². The number of aliphatic hydroxyl groups is 1. The van der Waals surface area contributed by atoms with E-state index in [1.54, 1.807) is 31.3 Å². The number of carbonyl (C=O) groups excluding carboxylic acids is 2. The molecule has 3 aromatic rings. The molecule has 0 fully saturated rings. The lowest BCUT2D eigenvalue weighted by Gasteiger charge is -2.10. The molecule has 0 aliphatic heterocycles. The molecule has 1 heterocycles. The van der Waals surface area contributed by atoms with E-state index in [0.29, 0.717) is 30.5 Å². The van der Waals surface area contributed by atoms with Gasteiger partial charge in [0.25, 0.3) is 5.91 Å². The molecule has 1 atom stereocenters. The Bertz CT molecular complexity index is 1170. The van der Waals surface area contributed by atoms with Gasteiger partial charge in [-0.1, -0.05) is 36.1 Å². The van der Waals surface area contributed by atoms with Crippen LogP contribution in [0.1, 0.15) is 22.5 Å². The second-order valence-electron chi connectivity index (χ2n) is 6.64. The van der Waals surface area contributed by atoms with E-state index in [-0.39, 0.29) is 22.4 Å². The van der Waals surface area contributed by atoms with E-state index in [2.05, 4.69) is 21.8 Å². The van der Waals surface area contributed by atoms with Gasteiger partial charge in [-0.3, -0.25) is 9.59 Å². The number of carbonyl (C=O) groups is 2. The zero-order valence-electron chi connectivity index (χ0n) is 16.2.